The molecule has 94 valence electrons. The number of rotatable bonds is 11. The molecule has 0 aromatic rings. The fourth-order valence-electron chi connectivity index (χ4n) is 1.55. The van der Waals surface area contributed by atoms with Gasteiger partial charge in [0.25, 0.3) is 0 Å². The molecule has 0 aromatic carbocycles. The van der Waals surface area contributed by atoms with E-state index in [1.54, 1.807) is 0 Å². The predicted molar refractivity (Wildman–Crippen MR) is 78.9 cm³/mol. The average molecular weight is 245 g/mol. The summed E-state index contributed by atoms with van der Waals surface area (Å²) >= 11 is 0. The van der Waals surface area contributed by atoms with Gasteiger partial charge in [0, 0.05) is 0 Å². The second-order valence-corrected chi connectivity index (χ2v) is 4.31. The smallest absolute Gasteiger partial charge is 0.503 e. The van der Waals surface area contributed by atoms with Crippen molar-refractivity contribution in [3.63, 3.8) is 0 Å². The SMILES string of the molecule is CCCCCC=[C-]CC[C-]=CCCCCC.[Mg+2]. The molecule has 0 aliphatic heterocycles. The first-order chi connectivity index (χ1) is 7.91. The largest absolute Gasteiger partial charge is 2.00 e. The molecule has 0 aromatic heterocycles. The molecule has 0 spiro atoms. The molecule has 0 saturated carbocycles. The van der Waals surface area contributed by atoms with Gasteiger partial charge < -0.3 is 12.2 Å². The Morgan fingerprint density at radius 3 is 1.47 bits per heavy atom. The molecule has 0 radical (unpaired) electrons. The zero-order valence-electron chi connectivity index (χ0n) is 11.9. The van der Waals surface area contributed by atoms with Crippen LogP contribution in [0.25, 0.3) is 0 Å². The second-order valence-electron chi connectivity index (χ2n) is 4.31. The molecule has 0 aliphatic rings. The maximum Gasteiger partial charge on any atom is 2.00 e. The van der Waals surface area contributed by atoms with Gasteiger partial charge in [-0.15, -0.1) is 0 Å². The van der Waals surface area contributed by atoms with Gasteiger partial charge in [-0.2, -0.15) is 0 Å². The van der Waals surface area contributed by atoms with E-state index in [0.717, 1.165) is 12.8 Å². The molecular weight excluding hydrogens is 216 g/mol. The number of hydrogen-bond acceptors (Lipinski definition) is 0. The first kappa shape index (κ1) is 19.6. The van der Waals surface area contributed by atoms with Crippen LogP contribution >= 0.6 is 0 Å². The topological polar surface area (TPSA) is 0 Å². The number of unbranched alkanes of at least 4 members (excludes halogenated alkanes) is 7. The van der Waals surface area contributed by atoms with Crippen molar-refractivity contribution in [2.24, 2.45) is 0 Å². The fourth-order valence-corrected chi connectivity index (χ4v) is 1.55. The van der Waals surface area contributed by atoms with Crippen LogP contribution in [0.3, 0.4) is 0 Å². The first-order valence-corrected chi connectivity index (χ1v) is 7.02. The molecular formula is C16H28Mg. The number of hydrogen-bond donors (Lipinski definition) is 0. The van der Waals surface area contributed by atoms with Crippen LogP contribution in [-0.2, 0) is 0 Å². The van der Waals surface area contributed by atoms with E-state index in [1.165, 1.54) is 51.4 Å². The Morgan fingerprint density at radius 1 is 0.706 bits per heavy atom. The van der Waals surface area contributed by atoms with Crippen molar-refractivity contribution < 1.29 is 0 Å². The van der Waals surface area contributed by atoms with Crippen LogP contribution in [0.1, 0.15) is 78.1 Å². The van der Waals surface area contributed by atoms with Gasteiger partial charge in [-0.05, 0) is 0 Å². The van der Waals surface area contributed by atoms with Gasteiger partial charge in [0.1, 0.15) is 0 Å². The van der Waals surface area contributed by atoms with Crippen LogP contribution in [0, 0.1) is 12.2 Å². The van der Waals surface area contributed by atoms with Crippen LogP contribution < -0.4 is 0 Å². The van der Waals surface area contributed by atoms with Crippen LogP contribution in [-0.4, -0.2) is 23.1 Å². The van der Waals surface area contributed by atoms with E-state index in [-0.39, 0.29) is 23.1 Å². The van der Waals surface area contributed by atoms with Gasteiger partial charge in [-0.25, -0.2) is 12.8 Å². The zero-order chi connectivity index (χ0) is 11.9. The average Bonchev–Trinajstić information content (AvgIpc) is 2.31. The standard InChI is InChI=1S/C16H28.Mg/c1-3-5-7-9-11-13-15-16-14-12-10-8-6-4-2;/h11-12H,3-10,15-16H2,1-2H3;/q-2;+2. The molecule has 0 saturated heterocycles. The molecule has 0 amide bonds. The van der Waals surface area contributed by atoms with Crippen molar-refractivity contribution in [1.29, 1.82) is 0 Å². The summed E-state index contributed by atoms with van der Waals surface area (Å²) in [7, 11) is 0. The normalized spacial score (nSPS) is 11.2. The summed E-state index contributed by atoms with van der Waals surface area (Å²) in [5, 5.41) is 0. The Morgan fingerprint density at radius 2 is 1.12 bits per heavy atom. The van der Waals surface area contributed by atoms with E-state index in [9.17, 15) is 0 Å². The summed E-state index contributed by atoms with van der Waals surface area (Å²) < 4.78 is 0. The summed E-state index contributed by atoms with van der Waals surface area (Å²) in [6, 6.07) is 0. The van der Waals surface area contributed by atoms with E-state index in [0.29, 0.717) is 0 Å². The van der Waals surface area contributed by atoms with Gasteiger partial charge >= 0.3 is 23.1 Å². The van der Waals surface area contributed by atoms with Gasteiger partial charge in [0.15, 0.2) is 0 Å². The summed E-state index contributed by atoms with van der Waals surface area (Å²) in [5.41, 5.74) is 0. The Labute approximate surface area is 125 Å². The third kappa shape index (κ3) is 18.8. The van der Waals surface area contributed by atoms with Gasteiger partial charge in [0.2, 0.25) is 0 Å². The van der Waals surface area contributed by atoms with Crippen molar-refractivity contribution in [2.45, 2.75) is 78.1 Å². The summed E-state index contributed by atoms with van der Waals surface area (Å²) in [6.45, 7) is 4.48. The van der Waals surface area contributed by atoms with Gasteiger partial charge in [-0.3, -0.25) is 12.2 Å². The molecule has 0 atom stereocenters. The summed E-state index contributed by atoms with van der Waals surface area (Å²) in [4.78, 5) is 0. The summed E-state index contributed by atoms with van der Waals surface area (Å²) in [6.07, 6.45) is 23.5. The van der Waals surface area contributed by atoms with Crippen molar-refractivity contribution in [2.75, 3.05) is 0 Å². The van der Waals surface area contributed by atoms with E-state index < -0.39 is 0 Å². The van der Waals surface area contributed by atoms with Crippen LogP contribution in [0.4, 0.5) is 0 Å². The molecule has 0 aliphatic carbocycles. The van der Waals surface area contributed by atoms with Crippen LogP contribution in [0.15, 0.2) is 12.2 Å². The second kappa shape index (κ2) is 18.6. The fraction of sp³-hybridized carbons (Fsp3) is 0.750. The Hall–Kier alpha value is 0.246. The predicted octanol–water partition coefficient (Wildman–Crippen LogP) is 5.27. The monoisotopic (exact) mass is 244 g/mol. The quantitative estimate of drug-likeness (QED) is 0.264. The minimum atomic E-state index is 0. The molecule has 0 nitrogen and oxygen atoms in total. The maximum absolute atomic E-state index is 3.34. The van der Waals surface area contributed by atoms with Crippen molar-refractivity contribution in [1.82, 2.24) is 0 Å². The molecule has 0 N–H and O–H groups in total. The van der Waals surface area contributed by atoms with Crippen LogP contribution in [0.5, 0.6) is 0 Å². The molecule has 1 heteroatoms. The number of allylic oxidation sites excluding steroid dienone is 4. The minimum absolute atomic E-state index is 0. The third-order valence-corrected chi connectivity index (χ3v) is 2.61. The van der Waals surface area contributed by atoms with E-state index in [1.807, 2.05) is 0 Å². The van der Waals surface area contributed by atoms with Crippen molar-refractivity contribution in [3.8, 4) is 0 Å². The van der Waals surface area contributed by atoms with E-state index in [2.05, 4.69) is 38.2 Å². The van der Waals surface area contributed by atoms with E-state index >= 15 is 0 Å². The molecule has 0 fully saturated rings. The Kier molecular flexibility index (Phi) is 21.4. The minimum Gasteiger partial charge on any atom is -0.503 e. The van der Waals surface area contributed by atoms with Gasteiger partial charge in [-0.1, -0.05) is 65.2 Å². The molecule has 0 heterocycles. The molecule has 0 unspecified atom stereocenters. The summed E-state index contributed by atoms with van der Waals surface area (Å²) in [5.74, 6) is 0. The van der Waals surface area contributed by atoms with Gasteiger partial charge in [0.05, 0.1) is 0 Å². The van der Waals surface area contributed by atoms with E-state index in [4.69, 9.17) is 0 Å². The Balaban J connectivity index is 0. The first-order valence-electron chi connectivity index (χ1n) is 7.02. The van der Waals surface area contributed by atoms with Crippen LogP contribution in [0.2, 0.25) is 0 Å². The van der Waals surface area contributed by atoms with Crippen molar-refractivity contribution >= 4 is 23.1 Å². The Bertz CT molecular complexity index is 150. The zero-order valence-corrected chi connectivity index (χ0v) is 13.3. The maximum atomic E-state index is 3.34. The third-order valence-electron chi connectivity index (χ3n) is 2.61. The molecule has 0 bridgehead atoms. The van der Waals surface area contributed by atoms with Crippen molar-refractivity contribution in [3.05, 3.63) is 24.3 Å². The molecule has 17 heavy (non-hydrogen) atoms. The molecule has 0 rings (SSSR count).